The van der Waals surface area contributed by atoms with Crippen LogP contribution in [-0.4, -0.2) is 19.8 Å². The summed E-state index contributed by atoms with van der Waals surface area (Å²) in [6, 6.07) is 3.70. The van der Waals surface area contributed by atoms with Gasteiger partial charge in [0.2, 0.25) is 0 Å². The molecule has 19 heavy (non-hydrogen) atoms. The van der Waals surface area contributed by atoms with Crippen LogP contribution in [0.1, 0.15) is 43.7 Å². The van der Waals surface area contributed by atoms with Gasteiger partial charge in [-0.05, 0) is 56.8 Å². The van der Waals surface area contributed by atoms with Crippen molar-refractivity contribution in [2.75, 3.05) is 13.7 Å². The highest BCUT2D eigenvalue weighted by Crippen LogP contribution is 2.24. The first-order valence-electron chi connectivity index (χ1n) is 6.94. The van der Waals surface area contributed by atoms with Crippen LogP contribution >= 0.6 is 0 Å². The van der Waals surface area contributed by atoms with E-state index in [2.05, 4.69) is 5.32 Å². The topological polar surface area (TPSA) is 21.3 Å². The van der Waals surface area contributed by atoms with E-state index >= 15 is 0 Å². The average Bonchev–Trinajstić information content (AvgIpc) is 2.86. The van der Waals surface area contributed by atoms with Crippen LogP contribution in [0.4, 0.5) is 8.78 Å². The van der Waals surface area contributed by atoms with Crippen molar-refractivity contribution >= 4 is 0 Å². The minimum atomic E-state index is -0.519. The molecule has 0 aromatic heterocycles. The van der Waals surface area contributed by atoms with Gasteiger partial charge in [0.15, 0.2) is 0 Å². The van der Waals surface area contributed by atoms with Crippen molar-refractivity contribution in [3.05, 3.63) is 35.4 Å². The molecule has 2 nitrogen and oxygen atoms in total. The van der Waals surface area contributed by atoms with Crippen LogP contribution in [-0.2, 0) is 4.74 Å². The average molecular weight is 269 g/mol. The Balaban J connectivity index is 1.87. The Labute approximate surface area is 113 Å². The van der Waals surface area contributed by atoms with E-state index in [0.717, 1.165) is 44.8 Å². The van der Waals surface area contributed by atoms with Crippen molar-refractivity contribution in [3.63, 3.8) is 0 Å². The fourth-order valence-corrected chi connectivity index (χ4v) is 2.68. The molecule has 106 valence electrons. The lowest BCUT2D eigenvalue weighted by Crippen LogP contribution is -2.17. The van der Waals surface area contributed by atoms with Gasteiger partial charge in [0.1, 0.15) is 11.6 Å². The van der Waals surface area contributed by atoms with Gasteiger partial charge < -0.3 is 10.1 Å². The molecule has 1 saturated heterocycles. The van der Waals surface area contributed by atoms with Crippen LogP contribution in [0, 0.1) is 11.6 Å². The lowest BCUT2D eigenvalue weighted by Gasteiger charge is -2.18. The zero-order valence-electron chi connectivity index (χ0n) is 11.3. The summed E-state index contributed by atoms with van der Waals surface area (Å²) in [4.78, 5) is 0. The SMILES string of the molecule is CNC(CCCC1CCCO1)c1cc(F)cc(F)c1. The molecule has 2 rings (SSSR count). The zero-order valence-corrected chi connectivity index (χ0v) is 11.3. The molecule has 0 bridgehead atoms. The Morgan fingerprint density at radius 2 is 2.05 bits per heavy atom. The quantitative estimate of drug-likeness (QED) is 0.852. The Morgan fingerprint density at radius 3 is 2.63 bits per heavy atom. The highest BCUT2D eigenvalue weighted by Gasteiger charge is 2.17. The molecule has 0 radical (unpaired) electrons. The van der Waals surface area contributed by atoms with Gasteiger partial charge in [0.25, 0.3) is 0 Å². The van der Waals surface area contributed by atoms with Gasteiger partial charge in [-0.1, -0.05) is 0 Å². The summed E-state index contributed by atoms with van der Waals surface area (Å²) in [5.41, 5.74) is 0.673. The fourth-order valence-electron chi connectivity index (χ4n) is 2.68. The van der Waals surface area contributed by atoms with Crippen LogP contribution in [0.15, 0.2) is 18.2 Å². The van der Waals surface area contributed by atoms with Crippen LogP contribution < -0.4 is 5.32 Å². The van der Waals surface area contributed by atoms with E-state index in [4.69, 9.17) is 4.74 Å². The summed E-state index contributed by atoms with van der Waals surface area (Å²) in [5, 5.41) is 3.12. The van der Waals surface area contributed by atoms with E-state index < -0.39 is 11.6 Å². The molecule has 0 amide bonds. The number of benzene rings is 1. The maximum absolute atomic E-state index is 13.2. The molecule has 1 aromatic rings. The second kappa shape index (κ2) is 6.96. The molecule has 0 spiro atoms. The maximum atomic E-state index is 13.2. The van der Waals surface area contributed by atoms with Gasteiger partial charge in [-0.2, -0.15) is 0 Å². The van der Waals surface area contributed by atoms with Crippen molar-refractivity contribution in [3.8, 4) is 0 Å². The minimum Gasteiger partial charge on any atom is -0.378 e. The van der Waals surface area contributed by atoms with Crippen molar-refractivity contribution < 1.29 is 13.5 Å². The molecule has 1 aliphatic rings. The summed E-state index contributed by atoms with van der Waals surface area (Å²) >= 11 is 0. The highest BCUT2D eigenvalue weighted by molar-refractivity contribution is 5.21. The van der Waals surface area contributed by atoms with Gasteiger partial charge in [-0.15, -0.1) is 0 Å². The fraction of sp³-hybridized carbons (Fsp3) is 0.600. The van der Waals surface area contributed by atoms with E-state index in [-0.39, 0.29) is 6.04 Å². The van der Waals surface area contributed by atoms with Crippen LogP contribution in [0.2, 0.25) is 0 Å². The summed E-state index contributed by atoms with van der Waals surface area (Å²) in [5.74, 6) is -1.04. The van der Waals surface area contributed by atoms with E-state index in [1.165, 1.54) is 12.1 Å². The third-order valence-electron chi connectivity index (χ3n) is 3.68. The van der Waals surface area contributed by atoms with Crippen LogP contribution in [0.3, 0.4) is 0 Å². The van der Waals surface area contributed by atoms with Crippen LogP contribution in [0.25, 0.3) is 0 Å². The Bertz CT molecular complexity index is 385. The first kappa shape index (κ1) is 14.4. The molecule has 1 N–H and O–H groups in total. The summed E-state index contributed by atoms with van der Waals surface area (Å²) < 4.78 is 32.0. The van der Waals surface area contributed by atoms with Crippen molar-refractivity contribution in [1.82, 2.24) is 5.32 Å². The summed E-state index contributed by atoms with van der Waals surface area (Å²) in [6.45, 7) is 0.870. The third kappa shape index (κ3) is 4.25. The summed E-state index contributed by atoms with van der Waals surface area (Å²) in [6.07, 6.45) is 5.54. The first-order valence-corrected chi connectivity index (χ1v) is 6.94. The zero-order chi connectivity index (χ0) is 13.7. The largest absolute Gasteiger partial charge is 0.378 e. The summed E-state index contributed by atoms with van der Waals surface area (Å²) in [7, 11) is 1.82. The molecule has 1 heterocycles. The monoisotopic (exact) mass is 269 g/mol. The molecule has 1 aliphatic heterocycles. The molecular formula is C15H21F2NO. The van der Waals surface area contributed by atoms with Crippen LogP contribution in [0.5, 0.6) is 0 Å². The van der Waals surface area contributed by atoms with E-state index in [1.54, 1.807) is 0 Å². The molecule has 0 aliphatic carbocycles. The molecule has 2 unspecified atom stereocenters. The number of hydrogen-bond acceptors (Lipinski definition) is 2. The van der Waals surface area contributed by atoms with Gasteiger partial charge >= 0.3 is 0 Å². The molecular weight excluding hydrogens is 248 g/mol. The predicted molar refractivity (Wildman–Crippen MR) is 71.0 cm³/mol. The first-order chi connectivity index (χ1) is 9.19. The molecule has 4 heteroatoms. The number of rotatable bonds is 6. The minimum absolute atomic E-state index is 0.00777. The van der Waals surface area contributed by atoms with Crippen molar-refractivity contribution in [2.45, 2.75) is 44.2 Å². The predicted octanol–water partition coefficient (Wildman–Crippen LogP) is 3.57. The van der Waals surface area contributed by atoms with Gasteiger partial charge in [0, 0.05) is 18.7 Å². The van der Waals surface area contributed by atoms with E-state index in [0.29, 0.717) is 11.7 Å². The second-order valence-corrected chi connectivity index (χ2v) is 5.11. The molecule has 1 fully saturated rings. The highest BCUT2D eigenvalue weighted by atomic mass is 19.1. The van der Waals surface area contributed by atoms with Crippen molar-refractivity contribution in [1.29, 1.82) is 0 Å². The second-order valence-electron chi connectivity index (χ2n) is 5.11. The lowest BCUT2D eigenvalue weighted by molar-refractivity contribution is 0.101. The molecule has 2 atom stereocenters. The molecule has 0 saturated carbocycles. The van der Waals surface area contributed by atoms with Crippen molar-refractivity contribution in [2.24, 2.45) is 0 Å². The maximum Gasteiger partial charge on any atom is 0.126 e. The lowest BCUT2D eigenvalue weighted by atomic mass is 9.99. The van der Waals surface area contributed by atoms with Gasteiger partial charge in [-0.3, -0.25) is 0 Å². The Kier molecular flexibility index (Phi) is 5.28. The number of hydrogen-bond donors (Lipinski definition) is 1. The molecule has 1 aromatic carbocycles. The van der Waals surface area contributed by atoms with Gasteiger partial charge in [-0.25, -0.2) is 8.78 Å². The van der Waals surface area contributed by atoms with E-state index in [1.807, 2.05) is 7.05 Å². The standard InChI is InChI=1S/C15H21F2NO/c1-18-15(6-2-4-14-5-3-7-19-14)11-8-12(16)10-13(17)9-11/h8-10,14-15,18H,2-7H2,1H3. The Hall–Kier alpha value is -1.00. The smallest absolute Gasteiger partial charge is 0.126 e. The normalized spacial score (nSPS) is 20.7. The number of halogens is 2. The van der Waals surface area contributed by atoms with E-state index in [9.17, 15) is 8.78 Å². The number of ether oxygens (including phenoxy) is 1. The number of nitrogens with one attached hydrogen (secondary N) is 1. The third-order valence-corrected chi connectivity index (χ3v) is 3.68. The van der Waals surface area contributed by atoms with Gasteiger partial charge in [0.05, 0.1) is 6.10 Å². The Morgan fingerprint density at radius 1 is 1.32 bits per heavy atom.